The van der Waals surface area contributed by atoms with Gasteiger partial charge in [-0.05, 0) is 86.5 Å². The highest BCUT2D eigenvalue weighted by Gasteiger charge is 2.59. The summed E-state index contributed by atoms with van der Waals surface area (Å²) in [7, 11) is 0. The molecular formula is C26H30ClN3O5. The van der Waals surface area contributed by atoms with E-state index < -0.39 is 11.5 Å². The van der Waals surface area contributed by atoms with Gasteiger partial charge in [0.1, 0.15) is 5.02 Å². The number of ether oxygens (including phenoxy) is 1. The van der Waals surface area contributed by atoms with Crippen molar-refractivity contribution in [1.29, 1.82) is 0 Å². The van der Waals surface area contributed by atoms with Crippen LogP contribution in [0.25, 0.3) is 0 Å². The number of carbonyl (C=O) groups is 2. The molecule has 4 fully saturated rings. The van der Waals surface area contributed by atoms with Gasteiger partial charge in [0, 0.05) is 5.69 Å². The molecule has 0 saturated heterocycles. The van der Waals surface area contributed by atoms with Gasteiger partial charge in [-0.3, -0.25) is 9.59 Å². The molecular weight excluding hydrogens is 470 g/mol. The Morgan fingerprint density at radius 2 is 1.89 bits per heavy atom. The van der Waals surface area contributed by atoms with Crippen LogP contribution in [0.15, 0.2) is 35.3 Å². The van der Waals surface area contributed by atoms with Crippen LogP contribution in [0.3, 0.4) is 0 Å². The van der Waals surface area contributed by atoms with E-state index >= 15 is 0 Å². The number of carbonyl (C=O) groups excluding carboxylic acids is 1. The Morgan fingerprint density at radius 3 is 2.51 bits per heavy atom. The number of hydrogen-bond donors (Lipinski definition) is 2. The molecule has 2 atom stereocenters. The maximum Gasteiger partial charge on any atom is 0.338 e. The van der Waals surface area contributed by atoms with Gasteiger partial charge in [-0.2, -0.15) is 5.10 Å². The van der Waals surface area contributed by atoms with Crippen LogP contribution >= 0.6 is 11.6 Å². The number of hydrogen-bond acceptors (Lipinski definition) is 6. The highest BCUT2D eigenvalue weighted by molar-refractivity contribution is 6.33. The van der Waals surface area contributed by atoms with Crippen LogP contribution in [0, 0.1) is 17.3 Å². The van der Waals surface area contributed by atoms with E-state index in [2.05, 4.69) is 10.4 Å². The molecule has 4 bridgehead atoms. The van der Waals surface area contributed by atoms with E-state index in [1.54, 1.807) is 35.1 Å². The van der Waals surface area contributed by atoms with Crippen LogP contribution < -0.4 is 10.9 Å². The van der Waals surface area contributed by atoms with Gasteiger partial charge in [0.2, 0.25) is 0 Å². The maximum atomic E-state index is 13.4. The van der Waals surface area contributed by atoms with Crippen molar-refractivity contribution < 1.29 is 19.4 Å². The first-order chi connectivity index (χ1) is 16.7. The second-order valence-corrected chi connectivity index (χ2v) is 11.1. The van der Waals surface area contributed by atoms with Crippen molar-refractivity contribution in [2.24, 2.45) is 17.3 Å². The minimum absolute atomic E-state index is 0.0504. The zero-order chi connectivity index (χ0) is 24.8. The topological polar surface area (TPSA) is 111 Å². The third kappa shape index (κ3) is 4.44. The molecule has 0 amide bonds. The Kier molecular flexibility index (Phi) is 6.11. The van der Waals surface area contributed by atoms with Crippen molar-refractivity contribution in [2.75, 3.05) is 11.9 Å². The fraction of sp³-hybridized carbons (Fsp3) is 0.538. The normalized spacial score (nSPS) is 28.6. The van der Waals surface area contributed by atoms with Gasteiger partial charge in [0.05, 0.1) is 36.0 Å². The quantitative estimate of drug-likeness (QED) is 0.493. The molecule has 0 spiro atoms. The van der Waals surface area contributed by atoms with Crippen LogP contribution in [0.1, 0.15) is 68.6 Å². The number of esters is 1. The molecule has 4 saturated carbocycles. The van der Waals surface area contributed by atoms with Crippen LogP contribution in [0.4, 0.5) is 11.4 Å². The lowest BCUT2D eigenvalue weighted by Crippen LogP contribution is -2.59. The number of nitrogens with one attached hydrogen (secondary N) is 1. The first kappa shape index (κ1) is 23.9. The molecule has 2 aromatic rings. The average molecular weight is 500 g/mol. The molecule has 0 unspecified atom stereocenters. The maximum absolute atomic E-state index is 13.4. The number of carboxylic acid groups (broad SMARTS) is 1. The molecule has 8 nitrogen and oxygen atoms in total. The summed E-state index contributed by atoms with van der Waals surface area (Å²) in [4.78, 5) is 37.1. The lowest BCUT2D eigenvalue weighted by atomic mass is 9.46. The number of nitrogens with zero attached hydrogens (tertiary/aromatic N) is 2. The second kappa shape index (κ2) is 8.97. The van der Waals surface area contributed by atoms with Crippen LogP contribution in [-0.4, -0.2) is 33.4 Å². The summed E-state index contributed by atoms with van der Waals surface area (Å²) < 4.78 is 6.69. The largest absolute Gasteiger partial charge is 0.481 e. The summed E-state index contributed by atoms with van der Waals surface area (Å²) in [5, 5.41) is 17.3. The van der Waals surface area contributed by atoms with Crippen LogP contribution in [0.5, 0.6) is 0 Å². The molecule has 9 heteroatoms. The molecule has 1 aromatic heterocycles. The Morgan fingerprint density at radius 1 is 1.20 bits per heavy atom. The molecule has 4 aliphatic rings. The minimum atomic E-state index is -0.773. The lowest BCUT2D eigenvalue weighted by Gasteiger charge is -2.61. The minimum Gasteiger partial charge on any atom is -0.481 e. The number of aliphatic carboxylic acids is 1. The van der Waals surface area contributed by atoms with E-state index in [0.717, 1.165) is 38.5 Å². The summed E-state index contributed by atoms with van der Waals surface area (Å²) >= 11 is 6.54. The number of benzene rings is 1. The lowest BCUT2D eigenvalue weighted by molar-refractivity contribution is -0.151. The highest BCUT2D eigenvalue weighted by atomic mass is 35.5. The van der Waals surface area contributed by atoms with Crippen molar-refractivity contribution in [3.8, 4) is 0 Å². The van der Waals surface area contributed by atoms with Gasteiger partial charge in [0.15, 0.2) is 0 Å². The molecule has 1 aromatic carbocycles. The predicted octanol–water partition coefficient (Wildman–Crippen LogP) is 4.98. The molecule has 0 radical (unpaired) electrons. The number of carboxylic acids is 1. The van der Waals surface area contributed by atoms with E-state index in [-0.39, 0.29) is 28.4 Å². The molecule has 35 heavy (non-hydrogen) atoms. The highest BCUT2D eigenvalue weighted by Crippen LogP contribution is 2.65. The zero-order valence-corrected chi connectivity index (χ0v) is 20.5. The van der Waals surface area contributed by atoms with Crippen molar-refractivity contribution in [3.63, 3.8) is 0 Å². The Balaban J connectivity index is 1.38. The SMILES string of the molecule is CCCOC(=O)c1ccc(Nc2cnn(C34C[C@@H]5C[C@H](CC(CC(=O)O)(C5)C3)C4)c(=O)c2Cl)cc1. The van der Waals surface area contributed by atoms with E-state index in [9.17, 15) is 19.5 Å². The Hall–Kier alpha value is -2.87. The predicted molar refractivity (Wildman–Crippen MR) is 131 cm³/mol. The van der Waals surface area contributed by atoms with Gasteiger partial charge in [-0.1, -0.05) is 18.5 Å². The molecule has 2 N–H and O–H groups in total. The number of aromatic nitrogens is 2. The summed E-state index contributed by atoms with van der Waals surface area (Å²) in [6.07, 6.45) is 7.75. The summed E-state index contributed by atoms with van der Waals surface area (Å²) in [6, 6.07) is 6.75. The number of rotatable bonds is 8. The van der Waals surface area contributed by atoms with Crippen molar-refractivity contribution >= 4 is 34.9 Å². The van der Waals surface area contributed by atoms with Gasteiger partial charge in [0.25, 0.3) is 5.56 Å². The molecule has 186 valence electrons. The van der Waals surface area contributed by atoms with E-state index in [4.69, 9.17) is 16.3 Å². The zero-order valence-electron chi connectivity index (χ0n) is 19.8. The number of halogens is 1. The summed E-state index contributed by atoms with van der Waals surface area (Å²) in [5.74, 6) is -0.312. The second-order valence-electron chi connectivity index (χ2n) is 10.7. The van der Waals surface area contributed by atoms with E-state index in [0.29, 0.717) is 41.8 Å². The molecule has 6 rings (SSSR count). The van der Waals surface area contributed by atoms with Crippen molar-refractivity contribution in [3.05, 3.63) is 51.4 Å². The molecule has 0 aliphatic heterocycles. The van der Waals surface area contributed by atoms with E-state index in [1.807, 2.05) is 6.92 Å². The first-order valence-corrected chi connectivity index (χ1v) is 12.6. The molecule has 4 aliphatic carbocycles. The van der Waals surface area contributed by atoms with Gasteiger partial charge in [-0.25, -0.2) is 9.48 Å². The van der Waals surface area contributed by atoms with Gasteiger partial charge >= 0.3 is 11.9 Å². The average Bonchev–Trinajstić information content (AvgIpc) is 2.79. The Labute approximate surface area is 208 Å². The number of anilines is 2. The third-order valence-electron chi connectivity index (χ3n) is 7.88. The summed E-state index contributed by atoms with van der Waals surface area (Å²) in [5.41, 5.74) is 0.400. The third-order valence-corrected chi connectivity index (χ3v) is 8.25. The fourth-order valence-electron chi connectivity index (χ4n) is 7.16. The van der Waals surface area contributed by atoms with Crippen LogP contribution in [0.2, 0.25) is 5.02 Å². The van der Waals surface area contributed by atoms with Gasteiger partial charge < -0.3 is 15.2 Å². The van der Waals surface area contributed by atoms with Crippen molar-refractivity contribution in [2.45, 2.75) is 63.8 Å². The van der Waals surface area contributed by atoms with E-state index in [1.165, 1.54) is 0 Å². The monoisotopic (exact) mass is 499 g/mol. The van der Waals surface area contributed by atoms with Gasteiger partial charge in [-0.15, -0.1) is 0 Å². The van der Waals surface area contributed by atoms with Crippen molar-refractivity contribution in [1.82, 2.24) is 9.78 Å². The summed E-state index contributed by atoms with van der Waals surface area (Å²) in [6.45, 7) is 2.31. The first-order valence-electron chi connectivity index (χ1n) is 12.3. The smallest absolute Gasteiger partial charge is 0.338 e. The standard InChI is InChI=1S/C26H30ClN3O5/c1-2-7-35-24(34)18-3-5-19(6-4-18)29-20-14-28-30(23(33)22(20)27)26-11-16-8-17(12-26)10-25(9-16,15-26)13-21(31)32/h3-6,14,16-17,29H,2,7-13,15H2,1H3,(H,31,32)/t16-,17-,25?,26?/m1/s1. The Bertz CT molecular complexity index is 1190. The van der Waals surface area contributed by atoms with Crippen LogP contribution in [-0.2, 0) is 15.1 Å². The fourth-order valence-corrected chi connectivity index (χ4v) is 7.33. The molecule has 1 heterocycles.